The largest absolute Gasteiger partial charge is 0.465 e. The van der Waals surface area contributed by atoms with Gasteiger partial charge in [0.2, 0.25) is 5.91 Å². The number of anilines is 2. The summed E-state index contributed by atoms with van der Waals surface area (Å²) in [6.07, 6.45) is 0. The number of hydrogen-bond acceptors (Lipinski definition) is 5. The van der Waals surface area contributed by atoms with Crippen LogP contribution in [0.4, 0.5) is 20.2 Å². The van der Waals surface area contributed by atoms with Crippen molar-refractivity contribution in [1.29, 1.82) is 0 Å². The molecule has 0 fully saturated rings. The molecule has 0 unspecified atom stereocenters. The van der Waals surface area contributed by atoms with E-state index in [0.29, 0.717) is 11.3 Å². The molecule has 1 amide bonds. The number of ether oxygens (including phenoxy) is 2. The molecule has 26 heavy (non-hydrogen) atoms. The minimum atomic E-state index is -2.98. The Bertz CT molecular complexity index is 797. The maximum Gasteiger partial charge on any atom is 0.387 e. The summed E-state index contributed by atoms with van der Waals surface area (Å²) in [5.41, 5.74) is 1.96. The maximum absolute atomic E-state index is 12.4. The second-order valence-electron chi connectivity index (χ2n) is 5.30. The number of hydrogen-bond donors (Lipinski definition) is 2. The molecule has 2 rings (SSSR count). The number of benzene rings is 2. The molecule has 2 aromatic carbocycles. The van der Waals surface area contributed by atoms with Gasteiger partial charge in [-0.3, -0.25) is 4.79 Å². The first kappa shape index (κ1) is 19.2. The van der Waals surface area contributed by atoms with Crippen molar-refractivity contribution in [2.75, 3.05) is 24.3 Å². The molecule has 0 aliphatic rings. The zero-order chi connectivity index (χ0) is 19.1. The molecule has 0 heterocycles. The Morgan fingerprint density at radius 1 is 1.12 bits per heavy atom. The lowest BCUT2D eigenvalue weighted by Crippen LogP contribution is -2.22. The van der Waals surface area contributed by atoms with Gasteiger partial charge in [0.15, 0.2) is 0 Å². The minimum absolute atomic E-state index is 0.0958. The van der Waals surface area contributed by atoms with E-state index >= 15 is 0 Å². The molecule has 0 radical (unpaired) electrons. The van der Waals surface area contributed by atoms with Gasteiger partial charge in [-0.05, 0) is 42.8 Å². The zero-order valence-corrected chi connectivity index (χ0v) is 14.2. The molecule has 138 valence electrons. The van der Waals surface area contributed by atoms with Crippen LogP contribution in [0.25, 0.3) is 0 Å². The molecule has 0 saturated heterocycles. The number of carbonyl (C=O) groups excluding carboxylic acids is 2. The minimum Gasteiger partial charge on any atom is -0.465 e. The van der Waals surface area contributed by atoms with Gasteiger partial charge >= 0.3 is 12.6 Å². The van der Waals surface area contributed by atoms with E-state index in [2.05, 4.69) is 20.1 Å². The second kappa shape index (κ2) is 8.80. The first-order valence-corrected chi connectivity index (χ1v) is 7.67. The second-order valence-corrected chi connectivity index (χ2v) is 5.30. The van der Waals surface area contributed by atoms with Gasteiger partial charge in [-0.15, -0.1) is 0 Å². The van der Waals surface area contributed by atoms with Crippen LogP contribution in [0.1, 0.15) is 15.9 Å². The number of rotatable bonds is 7. The molecule has 8 heteroatoms. The van der Waals surface area contributed by atoms with E-state index in [1.165, 1.54) is 25.3 Å². The molecule has 0 aliphatic carbocycles. The van der Waals surface area contributed by atoms with Crippen LogP contribution in [0, 0.1) is 6.92 Å². The van der Waals surface area contributed by atoms with Crippen LogP contribution in [0.15, 0.2) is 42.5 Å². The lowest BCUT2D eigenvalue weighted by Gasteiger charge is -2.13. The quantitative estimate of drug-likeness (QED) is 0.736. The number of nitrogens with one attached hydrogen (secondary N) is 2. The van der Waals surface area contributed by atoms with Crippen LogP contribution >= 0.6 is 0 Å². The molecule has 0 saturated carbocycles. The number of halogens is 2. The highest BCUT2D eigenvalue weighted by atomic mass is 19.3. The van der Waals surface area contributed by atoms with Crippen molar-refractivity contribution in [2.45, 2.75) is 13.5 Å². The third-order valence-electron chi connectivity index (χ3n) is 3.46. The lowest BCUT2D eigenvalue weighted by atomic mass is 10.1. The van der Waals surface area contributed by atoms with E-state index in [1.807, 2.05) is 0 Å². The van der Waals surface area contributed by atoms with Crippen molar-refractivity contribution < 1.29 is 27.8 Å². The number of para-hydroxylation sites is 2. The maximum atomic E-state index is 12.4. The first-order valence-electron chi connectivity index (χ1n) is 7.67. The van der Waals surface area contributed by atoms with Gasteiger partial charge in [0.05, 0.1) is 24.9 Å². The van der Waals surface area contributed by atoms with Crippen LogP contribution in [0.3, 0.4) is 0 Å². The van der Waals surface area contributed by atoms with Gasteiger partial charge in [0.1, 0.15) is 5.75 Å². The smallest absolute Gasteiger partial charge is 0.387 e. The molecule has 0 spiro atoms. The Labute approximate surface area is 149 Å². The van der Waals surface area contributed by atoms with E-state index in [1.54, 1.807) is 31.2 Å². The van der Waals surface area contributed by atoms with Crippen molar-refractivity contribution in [3.05, 3.63) is 53.6 Å². The van der Waals surface area contributed by atoms with E-state index in [9.17, 15) is 18.4 Å². The fraction of sp³-hybridized carbons (Fsp3) is 0.222. The number of methoxy groups -OCH3 is 1. The van der Waals surface area contributed by atoms with Gasteiger partial charge in [-0.25, -0.2) is 4.79 Å². The predicted molar refractivity (Wildman–Crippen MR) is 92.7 cm³/mol. The predicted octanol–water partition coefficient (Wildman–Crippen LogP) is 3.43. The molecular weight excluding hydrogens is 346 g/mol. The molecule has 2 N–H and O–H groups in total. The first-order chi connectivity index (χ1) is 12.4. The lowest BCUT2D eigenvalue weighted by molar-refractivity contribution is -0.114. The summed E-state index contributed by atoms with van der Waals surface area (Å²) >= 11 is 0. The van der Waals surface area contributed by atoms with E-state index < -0.39 is 18.5 Å². The number of alkyl halides is 2. The Hall–Kier alpha value is -3.16. The Morgan fingerprint density at radius 2 is 1.85 bits per heavy atom. The Kier molecular flexibility index (Phi) is 6.48. The number of carbonyl (C=O) groups is 2. The van der Waals surface area contributed by atoms with Crippen LogP contribution < -0.4 is 15.4 Å². The fourth-order valence-electron chi connectivity index (χ4n) is 2.25. The highest BCUT2D eigenvalue weighted by molar-refractivity contribution is 5.95. The Balaban J connectivity index is 1.98. The van der Waals surface area contributed by atoms with Gasteiger partial charge in [-0.2, -0.15) is 8.78 Å². The summed E-state index contributed by atoms with van der Waals surface area (Å²) < 4.78 is 33.8. The average molecular weight is 364 g/mol. The highest BCUT2D eigenvalue weighted by Crippen LogP contribution is 2.25. The van der Waals surface area contributed by atoms with Gasteiger partial charge in [0, 0.05) is 5.69 Å². The van der Waals surface area contributed by atoms with E-state index in [4.69, 9.17) is 0 Å². The van der Waals surface area contributed by atoms with Crippen molar-refractivity contribution >= 4 is 23.3 Å². The SMILES string of the molecule is COC(=O)c1ccc(NCC(=O)Nc2ccccc2OC(F)F)c(C)c1. The molecule has 0 aromatic heterocycles. The fourth-order valence-corrected chi connectivity index (χ4v) is 2.25. The van der Waals surface area contributed by atoms with Crippen LogP contribution in [-0.4, -0.2) is 32.1 Å². The van der Waals surface area contributed by atoms with Gasteiger partial charge in [0.25, 0.3) is 0 Å². The number of aryl methyl sites for hydroxylation is 1. The summed E-state index contributed by atoms with van der Waals surface area (Å²) in [7, 11) is 1.30. The van der Waals surface area contributed by atoms with Crippen LogP contribution in [0.2, 0.25) is 0 Å². The third-order valence-corrected chi connectivity index (χ3v) is 3.46. The molecule has 0 bridgehead atoms. The highest BCUT2D eigenvalue weighted by Gasteiger charge is 2.12. The monoisotopic (exact) mass is 364 g/mol. The summed E-state index contributed by atoms with van der Waals surface area (Å²) in [5, 5.41) is 5.43. The molecule has 0 atom stereocenters. The summed E-state index contributed by atoms with van der Waals surface area (Å²) in [5.74, 6) is -1.01. The van der Waals surface area contributed by atoms with Gasteiger partial charge < -0.3 is 20.1 Å². The topological polar surface area (TPSA) is 76.7 Å². The third kappa shape index (κ3) is 5.17. The van der Waals surface area contributed by atoms with Crippen molar-refractivity contribution in [1.82, 2.24) is 0 Å². The van der Waals surface area contributed by atoms with Crippen LogP contribution in [0.5, 0.6) is 5.75 Å². The van der Waals surface area contributed by atoms with Gasteiger partial charge in [-0.1, -0.05) is 12.1 Å². The van der Waals surface area contributed by atoms with E-state index in [-0.39, 0.29) is 18.0 Å². The zero-order valence-electron chi connectivity index (χ0n) is 14.2. The molecule has 0 aliphatic heterocycles. The normalized spacial score (nSPS) is 10.3. The molecule has 2 aromatic rings. The van der Waals surface area contributed by atoms with Crippen molar-refractivity contribution in [3.8, 4) is 5.75 Å². The summed E-state index contributed by atoms with van der Waals surface area (Å²) in [4.78, 5) is 23.5. The standard InChI is InChI=1S/C18H18F2N2O4/c1-11-9-12(17(24)25-2)7-8-13(11)21-10-16(23)22-14-5-3-4-6-15(14)26-18(19)20/h3-9,18,21H,10H2,1-2H3,(H,22,23). The van der Waals surface area contributed by atoms with Crippen molar-refractivity contribution in [2.24, 2.45) is 0 Å². The summed E-state index contributed by atoms with van der Waals surface area (Å²) in [6.45, 7) is -1.30. The van der Waals surface area contributed by atoms with Crippen molar-refractivity contribution in [3.63, 3.8) is 0 Å². The van der Waals surface area contributed by atoms with E-state index in [0.717, 1.165) is 5.56 Å². The summed E-state index contributed by atoms with van der Waals surface area (Å²) in [6, 6.07) is 10.8. The molecule has 6 nitrogen and oxygen atoms in total. The molecular formula is C18H18F2N2O4. The Morgan fingerprint density at radius 3 is 2.50 bits per heavy atom. The average Bonchev–Trinajstić information content (AvgIpc) is 2.61. The number of esters is 1. The van der Waals surface area contributed by atoms with Crippen LogP contribution in [-0.2, 0) is 9.53 Å². The number of amides is 1.